The SMILES string of the molecule is O=C(NCc1cc(F)cc(-c2cnc(C(F)(F)F)cn2)c1)[C@@H]1[C@@H](F)CCN1C(=O)O. The van der Waals surface area contributed by atoms with Crippen molar-refractivity contribution in [2.45, 2.75) is 31.4 Å². The number of carboxylic acid groups (broad SMARTS) is 1. The van der Waals surface area contributed by atoms with Crippen molar-refractivity contribution in [1.82, 2.24) is 20.2 Å². The lowest BCUT2D eigenvalue weighted by Crippen LogP contribution is -2.48. The maximum Gasteiger partial charge on any atom is 0.434 e. The van der Waals surface area contributed by atoms with Crippen molar-refractivity contribution in [2.24, 2.45) is 0 Å². The third-order valence-electron chi connectivity index (χ3n) is 4.50. The highest BCUT2D eigenvalue weighted by atomic mass is 19.4. The molecular formula is C18H15F5N4O3. The zero-order valence-corrected chi connectivity index (χ0v) is 15.2. The molecule has 1 fully saturated rings. The summed E-state index contributed by atoms with van der Waals surface area (Å²) in [6, 6.07) is 1.97. The van der Waals surface area contributed by atoms with Crippen LogP contribution in [0, 0.1) is 5.82 Å². The zero-order chi connectivity index (χ0) is 22.1. The first-order chi connectivity index (χ1) is 14.1. The van der Waals surface area contributed by atoms with Crippen LogP contribution in [0.3, 0.4) is 0 Å². The molecule has 0 spiro atoms. The van der Waals surface area contributed by atoms with Gasteiger partial charge in [0.1, 0.15) is 18.0 Å². The van der Waals surface area contributed by atoms with Crippen molar-refractivity contribution in [2.75, 3.05) is 6.54 Å². The number of benzene rings is 1. The van der Waals surface area contributed by atoms with Gasteiger partial charge in [-0.1, -0.05) is 0 Å². The molecule has 12 heteroatoms. The lowest BCUT2D eigenvalue weighted by Gasteiger charge is -2.21. The van der Waals surface area contributed by atoms with Crippen LogP contribution in [-0.4, -0.2) is 50.7 Å². The number of nitrogens with one attached hydrogen (secondary N) is 1. The standard InChI is InChI=1S/C18H15F5N4O3/c19-11-4-9(6-26-16(28)15-12(20)1-2-27(15)17(29)30)3-10(5-11)13-7-25-14(8-24-13)18(21,22)23/h3-5,7-8,12,15H,1-2,6H2,(H,26,28)(H,29,30)/t12-,15-/m0/s1. The van der Waals surface area contributed by atoms with Gasteiger partial charge in [0, 0.05) is 18.7 Å². The first-order valence-electron chi connectivity index (χ1n) is 8.66. The largest absolute Gasteiger partial charge is 0.465 e. The first kappa shape index (κ1) is 21.4. The van der Waals surface area contributed by atoms with E-state index in [4.69, 9.17) is 5.11 Å². The van der Waals surface area contributed by atoms with Crippen LogP contribution in [0.4, 0.5) is 26.7 Å². The summed E-state index contributed by atoms with van der Waals surface area (Å²) < 4.78 is 65.6. The van der Waals surface area contributed by atoms with Crippen LogP contribution >= 0.6 is 0 Å². The lowest BCUT2D eigenvalue weighted by molar-refractivity contribution is -0.141. The van der Waals surface area contributed by atoms with Gasteiger partial charge in [0.2, 0.25) is 5.91 Å². The number of carbonyl (C=O) groups is 2. The molecule has 2 atom stereocenters. The predicted molar refractivity (Wildman–Crippen MR) is 92.3 cm³/mol. The number of halogens is 5. The second kappa shape index (κ2) is 8.20. The van der Waals surface area contributed by atoms with Gasteiger partial charge < -0.3 is 10.4 Å². The van der Waals surface area contributed by atoms with Crippen molar-refractivity contribution in [3.8, 4) is 11.3 Å². The van der Waals surface area contributed by atoms with Crippen molar-refractivity contribution in [3.05, 3.63) is 47.7 Å². The molecule has 0 bridgehead atoms. The van der Waals surface area contributed by atoms with E-state index in [-0.39, 0.29) is 36.3 Å². The Hall–Kier alpha value is -3.31. The number of aromatic nitrogens is 2. The van der Waals surface area contributed by atoms with Gasteiger partial charge in [-0.15, -0.1) is 0 Å². The summed E-state index contributed by atoms with van der Waals surface area (Å²) in [5, 5.41) is 11.4. The fourth-order valence-electron chi connectivity index (χ4n) is 3.09. The first-order valence-corrected chi connectivity index (χ1v) is 8.66. The second-order valence-corrected chi connectivity index (χ2v) is 6.58. The summed E-state index contributed by atoms with van der Waals surface area (Å²) in [4.78, 5) is 30.9. The minimum absolute atomic E-state index is 0.0215. The molecule has 2 heterocycles. The molecule has 3 rings (SSSR count). The van der Waals surface area contributed by atoms with Crippen molar-refractivity contribution in [1.29, 1.82) is 0 Å². The van der Waals surface area contributed by atoms with Gasteiger partial charge >= 0.3 is 12.3 Å². The lowest BCUT2D eigenvalue weighted by atomic mass is 10.1. The Morgan fingerprint density at radius 3 is 2.53 bits per heavy atom. The highest BCUT2D eigenvalue weighted by molar-refractivity contribution is 5.86. The van der Waals surface area contributed by atoms with Crippen molar-refractivity contribution in [3.63, 3.8) is 0 Å². The molecule has 0 radical (unpaired) electrons. The Morgan fingerprint density at radius 1 is 1.20 bits per heavy atom. The molecular weight excluding hydrogens is 415 g/mol. The molecule has 0 aliphatic carbocycles. The fourth-order valence-corrected chi connectivity index (χ4v) is 3.09. The minimum atomic E-state index is -4.67. The van der Waals surface area contributed by atoms with Crippen molar-refractivity contribution < 1.29 is 36.6 Å². The van der Waals surface area contributed by atoms with Crippen LogP contribution in [-0.2, 0) is 17.5 Å². The monoisotopic (exact) mass is 430 g/mol. The van der Waals surface area contributed by atoms with Crippen LogP contribution in [0.2, 0.25) is 0 Å². The quantitative estimate of drug-likeness (QED) is 0.728. The molecule has 160 valence electrons. The molecule has 1 saturated heterocycles. The number of rotatable bonds is 4. The van der Waals surface area contributed by atoms with E-state index in [9.17, 15) is 31.5 Å². The molecule has 2 aromatic rings. The van der Waals surface area contributed by atoms with E-state index in [0.717, 1.165) is 18.3 Å². The molecule has 0 unspecified atom stereocenters. The summed E-state index contributed by atoms with van der Waals surface area (Å²) >= 11 is 0. The van der Waals surface area contributed by atoms with Gasteiger partial charge in [0.25, 0.3) is 0 Å². The molecule has 2 amide bonds. The van der Waals surface area contributed by atoms with Gasteiger partial charge in [0.15, 0.2) is 5.69 Å². The van der Waals surface area contributed by atoms with Gasteiger partial charge in [-0.2, -0.15) is 13.2 Å². The van der Waals surface area contributed by atoms with E-state index >= 15 is 0 Å². The summed E-state index contributed by atoms with van der Waals surface area (Å²) in [7, 11) is 0. The van der Waals surface area contributed by atoms with E-state index in [1.807, 2.05) is 0 Å². The van der Waals surface area contributed by atoms with E-state index < -0.39 is 41.9 Å². The Kier molecular flexibility index (Phi) is 5.85. The summed E-state index contributed by atoms with van der Waals surface area (Å²) in [6.07, 6.45) is -6.50. The predicted octanol–water partition coefficient (Wildman–Crippen LogP) is 3.01. The molecule has 1 aliphatic rings. The number of carbonyl (C=O) groups excluding carboxylic acids is 1. The molecule has 1 aromatic heterocycles. The van der Waals surface area contributed by atoms with E-state index in [0.29, 0.717) is 11.1 Å². The Labute approximate surface area is 166 Å². The number of nitrogens with zero attached hydrogens (tertiary/aromatic N) is 3. The number of hydrogen-bond donors (Lipinski definition) is 2. The van der Waals surface area contributed by atoms with Crippen LogP contribution in [0.1, 0.15) is 17.7 Å². The average Bonchev–Trinajstić information content (AvgIpc) is 3.07. The van der Waals surface area contributed by atoms with Crippen LogP contribution in [0.5, 0.6) is 0 Å². The Morgan fingerprint density at radius 2 is 1.93 bits per heavy atom. The molecule has 30 heavy (non-hydrogen) atoms. The van der Waals surface area contributed by atoms with E-state index in [1.54, 1.807) is 0 Å². The molecule has 1 aromatic carbocycles. The normalized spacial score (nSPS) is 19.0. The van der Waals surface area contributed by atoms with E-state index in [2.05, 4.69) is 15.3 Å². The Balaban J connectivity index is 1.74. The maximum atomic E-state index is 14.0. The van der Waals surface area contributed by atoms with Gasteiger partial charge in [-0.3, -0.25) is 14.7 Å². The number of likely N-dealkylation sites (tertiary alicyclic amines) is 1. The second-order valence-electron chi connectivity index (χ2n) is 6.58. The molecule has 0 saturated carbocycles. The van der Waals surface area contributed by atoms with Crippen LogP contribution < -0.4 is 5.32 Å². The number of amides is 2. The maximum absolute atomic E-state index is 14.0. The number of hydrogen-bond acceptors (Lipinski definition) is 4. The van der Waals surface area contributed by atoms with Crippen LogP contribution in [0.25, 0.3) is 11.3 Å². The van der Waals surface area contributed by atoms with Gasteiger partial charge in [0.05, 0.1) is 18.1 Å². The fraction of sp³-hybridized carbons (Fsp3) is 0.333. The zero-order valence-electron chi connectivity index (χ0n) is 15.2. The molecule has 1 aliphatic heterocycles. The minimum Gasteiger partial charge on any atom is -0.465 e. The molecule has 7 nitrogen and oxygen atoms in total. The Bertz CT molecular complexity index is 952. The summed E-state index contributed by atoms with van der Waals surface area (Å²) in [6.45, 7) is -0.375. The number of alkyl halides is 4. The van der Waals surface area contributed by atoms with Crippen molar-refractivity contribution >= 4 is 12.0 Å². The third kappa shape index (κ3) is 4.63. The molecule has 2 N–H and O–H groups in total. The summed E-state index contributed by atoms with van der Waals surface area (Å²) in [5.41, 5.74) is -0.880. The average molecular weight is 430 g/mol. The highest BCUT2D eigenvalue weighted by Gasteiger charge is 2.42. The third-order valence-corrected chi connectivity index (χ3v) is 4.50. The van der Waals surface area contributed by atoms with Crippen LogP contribution in [0.15, 0.2) is 30.6 Å². The van der Waals surface area contributed by atoms with Gasteiger partial charge in [-0.25, -0.2) is 18.6 Å². The highest BCUT2D eigenvalue weighted by Crippen LogP contribution is 2.28. The topological polar surface area (TPSA) is 95.4 Å². The van der Waals surface area contributed by atoms with Gasteiger partial charge in [-0.05, 0) is 30.2 Å². The smallest absolute Gasteiger partial charge is 0.434 e. The van der Waals surface area contributed by atoms with E-state index in [1.165, 1.54) is 6.07 Å². The summed E-state index contributed by atoms with van der Waals surface area (Å²) in [5.74, 6) is -1.61.